The highest BCUT2D eigenvalue weighted by atomic mass is 16.3. The van der Waals surface area contributed by atoms with Crippen LogP contribution in [-0.4, -0.2) is 29.8 Å². The van der Waals surface area contributed by atoms with E-state index in [4.69, 9.17) is 5.11 Å². The molecule has 116 valence electrons. The number of aliphatic hydroxyl groups is 1. The maximum atomic E-state index is 9.14. The molecular formula is C19H24N2O. The highest BCUT2D eigenvalue weighted by molar-refractivity contribution is 5.81. The number of hydrogen-bond donors (Lipinski definition) is 1. The first-order valence-corrected chi connectivity index (χ1v) is 7.71. The Morgan fingerprint density at radius 3 is 2.55 bits per heavy atom. The van der Waals surface area contributed by atoms with Gasteiger partial charge in [0.25, 0.3) is 0 Å². The summed E-state index contributed by atoms with van der Waals surface area (Å²) in [6, 6.07) is 10.5. The van der Waals surface area contributed by atoms with E-state index in [0.717, 1.165) is 12.2 Å². The Kier molecular flexibility index (Phi) is 5.73. The van der Waals surface area contributed by atoms with Crippen LogP contribution in [0.2, 0.25) is 0 Å². The number of aromatic nitrogens is 1. The Labute approximate surface area is 132 Å². The molecule has 0 aliphatic heterocycles. The molecule has 0 atom stereocenters. The summed E-state index contributed by atoms with van der Waals surface area (Å²) in [5, 5.41) is 9.14. The van der Waals surface area contributed by atoms with Crippen LogP contribution in [0.1, 0.15) is 30.5 Å². The van der Waals surface area contributed by atoms with Crippen LogP contribution in [0.3, 0.4) is 0 Å². The van der Waals surface area contributed by atoms with Gasteiger partial charge in [-0.15, -0.1) is 0 Å². The van der Waals surface area contributed by atoms with E-state index < -0.39 is 0 Å². The molecule has 2 aromatic rings. The van der Waals surface area contributed by atoms with E-state index in [2.05, 4.69) is 54.9 Å². The monoisotopic (exact) mass is 296 g/mol. The van der Waals surface area contributed by atoms with Crippen LogP contribution >= 0.6 is 0 Å². The molecule has 3 heteroatoms. The molecule has 0 amide bonds. The molecule has 0 saturated carbocycles. The summed E-state index contributed by atoms with van der Waals surface area (Å²) in [6.45, 7) is 8.09. The van der Waals surface area contributed by atoms with Crippen LogP contribution in [0.5, 0.6) is 0 Å². The number of pyridine rings is 1. The second-order valence-electron chi connectivity index (χ2n) is 5.41. The van der Waals surface area contributed by atoms with E-state index in [1.54, 1.807) is 0 Å². The number of hydrogen-bond acceptors (Lipinski definition) is 3. The average molecular weight is 296 g/mol. The third-order valence-electron chi connectivity index (χ3n) is 3.88. The lowest BCUT2D eigenvalue weighted by atomic mass is 10.0. The Morgan fingerprint density at radius 2 is 1.95 bits per heavy atom. The van der Waals surface area contributed by atoms with E-state index in [9.17, 15) is 0 Å². The van der Waals surface area contributed by atoms with Crippen LogP contribution in [0.25, 0.3) is 11.6 Å². The van der Waals surface area contributed by atoms with Gasteiger partial charge in [-0.3, -0.25) is 4.98 Å². The third-order valence-corrected chi connectivity index (χ3v) is 3.88. The first kappa shape index (κ1) is 16.2. The summed E-state index contributed by atoms with van der Waals surface area (Å²) in [6.07, 6.45) is 5.84. The number of aliphatic hydroxyl groups excluding tert-OH is 1. The SMILES string of the molecule is CCN(CCO)c1ccc(/C=C(\C)c2ccncc2)c(C)c1. The van der Waals surface area contributed by atoms with Crippen LogP contribution in [0.4, 0.5) is 5.69 Å². The lowest BCUT2D eigenvalue weighted by molar-refractivity contribution is 0.302. The van der Waals surface area contributed by atoms with Gasteiger partial charge in [0.1, 0.15) is 0 Å². The molecule has 0 unspecified atom stereocenters. The molecule has 1 N–H and O–H groups in total. The number of allylic oxidation sites excluding steroid dienone is 1. The van der Waals surface area contributed by atoms with Gasteiger partial charge in [-0.25, -0.2) is 0 Å². The molecule has 0 aliphatic carbocycles. The van der Waals surface area contributed by atoms with Crippen molar-refractivity contribution in [3.63, 3.8) is 0 Å². The van der Waals surface area contributed by atoms with Crippen molar-refractivity contribution in [2.75, 3.05) is 24.6 Å². The first-order valence-electron chi connectivity index (χ1n) is 7.71. The highest BCUT2D eigenvalue weighted by Crippen LogP contribution is 2.23. The topological polar surface area (TPSA) is 36.4 Å². The normalized spacial score (nSPS) is 11.5. The molecule has 0 spiro atoms. The minimum atomic E-state index is 0.176. The molecule has 0 bridgehead atoms. The Hall–Kier alpha value is -2.13. The van der Waals surface area contributed by atoms with Gasteiger partial charge in [0.05, 0.1) is 6.61 Å². The van der Waals surface area contributed by atoms with Crippen LogP contribution < -0.4 is 4.90 Å². The van der Waals surface area contributed by atoms with Gasteiger partial charge >= 0.3 is 0 Å². The molecular weight excluding hydrogens is 272 g/mol. The number of rotatable bonds is 6. The number of benzene rings is 1. The van der Waals surface area contributed by atoms with Gasteiger partial charge in [0.15, 0.2) is 0 Å². The molecule has 2 rings (SSSR count). The van der Waals surface area contributed by atoms with Gasteiger partial charge in [0.2, 0.25) is 0 Å². The summed E-state index contributed by atoms with van der Waals surface area (Å²) in [5.41, 5.74) is 6.03. The minimum Gasteiger partial charge on any atom is -0.395 e. The smallest absolute Gasteiger partial charge is 0.0606 e. The van der Waals surface area contributed by atoms with Gasteiger partial charge in [-0.05, 0) is 67.3 Å². The highest BCUT2D eigenvalue weighted by Gasteiger charge is 2.05. The molecule has 0 radical (unpaired) electrons. The number of likely N-dealkylation sites (N-methyl/N-ethyl adjacent to an activating group) is 1. The van der Waals surface area contributed by atoms with Crippen LogP contribution in [-0.2, 0) is 0 Å². The number of anilines is 1. The van der Waals surface area contributed by atoms with Crippen molar-refractivity contribution in [1.82, 2.24) is 4.98 Å². The molecule has 1 aromatic heterocycles. The second-order valence-corrected chi connectivity index (χ2v) is 5.41. The Bertz CT molecular complexity index is 635. The fraction of sp³-hybridized carbons (Fsp3) is 0.316. The molecule has 3 nitrogen and oxygen atoms in total. The molecule has 22 heavy (non-hydrogen) atoms. The first-order chi connectivity index (χ1) is 10.7. The zero-order chi connectivity index (χ0) is 15.9. The van der Waals surface area contributed by atoms with Crippen molar-refractivity contribution in [1.29, 1.82) is 0 Å². The van der Waals surface area contributed by atoms with Gasteiger partial charge in [-0.2, -0.15) is 0 Å². The van der Waals surface area contributed by atoms with Crippen molar-refractivity contribution >= 4 is 17.3 Å². The maximum Gasteiger partial charge on any atom is 0.0606 e. The maximum absolute atomic E-state index is 9.14. The zero-order valence-corrected chi connectivity index (χ0v) is 13.6. The Balaban J connectivity index is 2.26. The number of nitrogens with zero attached hydrogens (tertiary/aromatic N) is 2. The van der Waals surface area contributed by atoms with E-state index in [0.29, 0.717) is 6.54 Å². The van der Waals surface area contributed by atoms with E-state index in [1.165, 1.54) is 22.3 Å². The fourth-order valence-corrected chi connectivity index (χ4v) is 2.54. The van der Waals surface area contributed by atoms with Gasteiger partial charge in [-0.1, -0.05) is 12.1 Å². The van der Waals surface area contributed by atoms with Crippen molar-refractivity contribution in [2.24, 2.45) is 0 Å². The summed E-state index contributed by atoms with van der Waals surface area (Å²) in [4.78, 5) is 6.23. The van der Waals surface area contributed by atoms with Gasteiger partial charge in [0, 0.05) is 31.2 Å². The van der Waals surface area contributed by atoms with Crippen molar-refractivity contribution in [3.8, 4) is 0 Å². The average Bonchev–Trinajstić information content (AvgIpc) is 2.55. The van der Waals surface area contributed by atoms with Crippen LogP contribution in [0, 0.1) is 6.92 Å². The summed E-state index contributed by atoms with van der Waals surface area (Å²) in [7, 11) is 0. The van der Waals surface area contributed by atoms with Crippen LogP contribution in [0.15, 0.2) is 42.7 Å². The lowest BCUT2D eigenvalue weighted by Crippen LogP contribution is -2.26. The zero-order valence-electron chi connectivity index (χ0n) is 13.6. The summed E-state index contributed by atoms with van der Waals surface area (Å²) in [5.74, 6) is 0. The quantitative estimate of drug-likeness (QED) is 0.881. The number of aryl methyl sites for hydroxylation is 1. The van der Waals surface area contributed by atoms with E-state index in [1.807, 2.05) is 24.5 Å². The summed E-state index contributed by atoms with van der Waals surface area (Å²) < 4.78 is 0. The third kappa shape index (κ3) is 3.95. The fourth-order valence-electron chi connectivity index (χ4n) is 2.54. The Morgan fingerprint density at radius 1 is 1.23 bits per heavy atom. The molecule has 1 aromatic carbocycles. The molecule has 0 aliphatic rings. The lowest BCUT2D eigenvalue weighted by Gasteiger charge is -2.22. The van der Waals surface area contributed by atoms with Crippen molar-refractivity contribution in [3.05, 3.63) is 59.4 Å². The van der Waals surface area contributed by atoms with E-state index in [-0.39, 0.29) is 6.61 Å². The largest absolute Gasteiger partial charge is 0.395 e. The second kappa shape index (κ2) is 7.76. The standard InChI is InChI=1S/C19H24N2O/c1-4-21(11-12-22)19-6-5-18(16(3)14-19)13-15(2)17-7-9-20-10-8-17/h5-10,13-14,22H,4,11-12H2,1-3H3/b15-13+. The molecule has 1 heterocycles. The minimum absolute atomic E-state index is 0.176. The predicted molar refractivity (Wildman–Crippen MR) is 93.9 cm³/mol. The van der Waals surface area contributed by atoms with Crippen molar-refractivity contribution in [2.45, 2.75) is 20.8 Å². The van der Waals surface area contributed by atoms with Gasteiger partial charge < -0.3 is 10.0 Å². The molecule has 0 saturated heterocycles. The van der Waals surface area contributed by atoms with E-state index >= 15 is 0 Å². The predicted octanol–water partition coefficient (Wildman–Crippen LogP) is 3.77. The van der Waals surface area contributed by atoms with Crippen molar-refractivity contribution < 1.29 is 5.11 Å². The summed E-state index contributed by atoms with van der Waals surface area (Å²) >= 11 is 0. The molecule has 0 fully saturated rings.